The van der Waals surface area contributed by atoms with Gasteiger partial charge >= 0.3 is 0 Å². The van der Waals surface area contributed by atoms with E-state index in [1.807, 2.05) is 36.0 Å². The smallest absolute Gasteiger partial charge is 0.258 e. The van der Waals surface area contributed by atoms with E-state index in [0.29, 0.717) is 0 Å². The Labute approximate surface area is 154 Å². The average Bonchev–Trinajstić information content (AvgIpc) is 2.60. The first-order valence-corrected chi connectivity index (χ1v) is 9.66. The molecule has 1 heterocycles. The van der Waals surface area contributed by atoms with Crippen LogP contribution in [0.25, 0.3) is 0 Å². The molecule has 1 N–H and O–H groups in total. The quantitative estimate of drug-likeness (QED) is 0.863. The number of fused-ring (bicyclic) bond motifs is 1. The third kappa shape index (κ3) is 4.57. The minimum atomic E-state index is -0.0772. The fraction of sp³-hybridized carbons (Fsp3) is 0.381. The van der Waals surface area contributed by atoms with Crippen LogP contribution in [0.4, 0.5) is 0 Å². The summed E-state index contributed by atoms with van der Waals surface area (Å²) in [6, 6.07) is 16.3. The van der Waals surface area contributed by atoms with Gasteiger partial charge in [-0.2, -0.15) is 0 Å². The molecule has 2 aromatic carbocycles. The summed E-state index contributed by atoms with van der Waals surface area (Å²) in [4.78, 5) is 13.5. The summed E-state index contributed by atoms with van der Waals surface area (Å²) >= 11 is 1.85. The molecule has 1 aliphatic heterocycles. The van der Waals surface area contributed by atoms with Gasteiger partial charge < -0.3 is 10.1 Å². The van der Waals surface area contributed by atoms with Crippen LogP contribution in [0, 0.1) is 0 Å². The molecule has 0 fully saturated rings. The van der Waals surface area contributed by atoms with Crippen molar-refractivity contribution in [2.75, 3.05) is 12.4 Å². The molecule has 0 saturated carbocycles. The van der Waals surface area contributed by atoms with Crippen molar-refractivity contribution in [3.8, 4) is 5.75 Å². The number of rotatable bonds is 4. The third-order valence-corrected chi connectivity index (χ3v) is 5.51. The van der Waals surface area contributed by atoms with Crippen molar-refractivity contribution in [2.45, 2.75) is 43.5 Å². The Morgan fingerprint density at radius 2 is 1.88 bits per heavy atom. The normalized spacial score (nSPS) is 16.8. The SMILES string of the molecule is CC(C)(C)c1ccc(OCC(=O)NC2CCSc3ccccc32)cc1. The van der Waals surface area contributed by atoms with E-state index in [2.05, 4.69) is 50.4 Å². The molecule has 3 rings (SSSR count). The summed E-state index contributed by atoms with van der Waals surface area (Å²) in [6.45, 7) is 6.57. The lowest BCUT2D eigenvalue weighted by Crippen LogP contribution is -2.34. The van der Waals surface area contributed by atoms with Crippen molar-refractivity contribution in [3.05, 3.63) is 59.7 Å². The van der Waals surface area contributed by atoms with Gasteiger partial charge in [0.15, 0.2) is 6.61 Å². The van der Waals surface area contributed by atoms with Gasteiger partial charge in [0.2, 0.25) is 0 Å². The van der Waals surface area contributed by atoms with Crippen LogP contribution >= 0.6 is 11.8 Å². The van der Waals surface area contributed by atoms with Gasteiger partial charge in [0.1, 0.15) is 5.75 Å². The van der Waals surface area contributed by atoms with E-state index < -0.39 is 0 Å². The van der Waals surface area contributed by atoms with Crippen LogP contribution < -0.4 is 10.1 Å². The van der Waals surface area contributed by atoms with Crippen LogP contribution in [0.1, 0.15) is 44.4 Å². The van der Waals surface area contributed by atoms with Gasteiger partial charge in [-0.05, 0) is 41.2 Å². The molecule has 1 aliphatic rings. The minimum Gasteiger partial charge on any atom is -0.484 e. The fourth-order valence-corrected chi connectivity index (χ4v) is 4.05. The van der Waals surface area contributed by atoms with Crippen LogP contribution in [-0.4, -0.2) is 18.3 Å². The molecule has 25 heavy (non-hydrogen) atoms. The number of hydrogen-bond donors (Lipinski definition) is 1. The van der Waals surface area contributed by atoms with Crippen molar-refractivity contribution in [3.63, 3.8) is 0 Å². The Morgan fingerprint density at radius 1 is 1.16 bits per heavy atom. The molecule has 0 aromatic heterocycles. The molecular formula is C21H25NO2S. The second-order valence-corrected chi connectivity index (χ2v) is 8.49. The van der Waals surface area contributed by atoms with E-state index in [4.69, 9.17) is 4.74 Å². The standard InChI is InChI=1S/C21H25NO2S/c1-21(2,3)15-8-10-16(11-9-15)24-14-20(23)22-18-12-13-25-19-7-5-4-6-17(18)19/h4-11,18H,12-14H2,1-3H3,(H,22,23). The third-order valence-electron chi connectivity index (χ3n) is 4.38. The maximum Gasteiger partial charge on any atom is 0.258 e. The average molecular weight is 356 g/mol. The Balaban J connectivity index is 1.55. The minimum absolute atomic E-state index is 0.0423. The molecule has 0 aliphatic carbocycles. The molecule has 0 bridgehead atoms. The van der Waals surface area contributed by atoms with Crippen molar-refractivity contribution >= 4 is 17.7 Å². The fourth-order valence-electron chi connectivity index (χ4n) is 2.93. The summed E-state index contributed by atoms with van der Waals surface area (Å²) in [7, 11) is 0. The van der Waals surface area contributed by atoms with E-state index in [1.165, 1.54) is 16.0 Å². The highest BCUT2D eigenvalue weighted by Crippen LogP contribution is 2.35. The second kappa shape index (κ2) is 7.52. The van der Waals surface area contributed by atoms with E-state index in [-0.39, 0.29) is 24.0 Å². The predicted molar refractivity (Wildman–Crippen MR) is 103 cm³/mol. The van der Waals surface area contributed by atoms with E-state index in [0.717, 1.165) is 17.9 Å². The van der Waals surface area contributed by atoms with E-state index >= 15 is 0 Å². The zero-order chi connectivity index (χ0) is 17.9. The number of benzene rings is 2. The zero-order valence-electron chi connectivity index (χ0n) is 15.0. The largest absolute Gasteiger partial charge is 0.484 e. The lowest BCUT2D eigenvalue weighted by atomic mass is 9.87. The number of hydrogen-bond acceptors (Lipinski definition) is 3. The predicted octanol–water partition coefficient (Wildman–Crippen LogP) is 4.72. The summed E-state index contributed by atoms with van der Waals surface area (Å²) in [5.41, 5.74) is 2.57. The number of carbonyl (C=O) groups excluding carboxylic acids is 1. The summed E-state index contributed by atoms with van der Waals surface area (Å²) in [6.07, 6.45) is 0.952. The van der Waals surface area contributed by atoms with Gasteiger partial charge in [0.25, 0.3) is 5.91 Å². The highest BCUT2D eigenvalue weighted by Gasteiger charge is 2.22. The number of carbonyl (C=O) groups is 1. The highest BCUT2D eigenvalue weighted by molar-refractivity contribution is 7.99. The van der Waals surface area contributed by atoms with Gasteiger partial charge in [0.05, 0.1) is 6.04 Å². The number of thioether (sulfide) groups is 1. The van der Waals surface area contributed by atoms with Crippen molar-refractivity contribution < 1.29 is 9.53 Å². The molecule has 1 atom stereocenters. The Hall–Kier alpha value is -1.94. The summed E-state index contributed by atoms with van der Waals surface area (Å²) in [5.74, 6) is 1.67. The first-order chi connectivity index (χ1) is 11.9. The maximum absolute atomic E-state index is 12.3. The van der Waals surface area contributed by atoms with E-state index in [1.54, 1.807) is 0 Å². The van der Waals surface area contributed by atoms with Crippen LogP contribution in [-0.2, 0) is 10.2 Å². The molecule has 0 spiro atoms. The molecular weight excluding hydrogens is 330 g/mol. The Bertz CT molecular complexity index is 734. The first-order valence-electron chi connectivity index (χ1n) is 8.68. The molecule has 1 amide bonds. The molecule has 4 heteroatoms. The van der Waals surface area contributed by atoms with E-state index in [9.17, 15) is 4.79 Å². The topological polar surface area (TPSA) is 38.3 Å². The van der Waals surface area contributed by atoms with Crippen LogP contribution in [0.15, 0.2) is 53.4 Å². The van der Waals surface area contributed by atoms with Crippen molar-refractivity contribution in [1.82, 2.24) is 5.32 Å². The highest BCUT2D eigenvalue weighted by atomic mass is 32.2. The lowest BCUT2D eigenvalue weighted by molar-refractivity contribution is -0.123. The number of ether oxygens (including phenoxy) is 1. The monoisotopic (exact) mass is 355 g/mol. The molecule has 0 radical (unpaired) electrons. The Morgan fingerprint density at radius 3 is 2.60 bits per heavy atom. The van der Waals surface area contributed by atoms with Crippen molar-refractivity contribution in [1.29, 1.82) is 0 Å². The molecule has 1 unspecified atom stereocenters. The lowest BCUT2D eigenvalue weighted by Gasteiger charge is -2.25. The summed E-state index contributed by atoms with van der Waals surface area (Å²) < 4.78 is 5.65. The van der Waals surface area contributed by atoms with Gasteiger partial charge in [0, 0.05) is 10.6 Å². The molecule has 2 aromatic rings. The van der Waals surface area contributed by atoms with Crippen LogP contribution in [0.5, 0.6) is 5.75 Å². The summed E-state index contributed by atoms with van der Waals surface area (Å²) in [5, 5.41) is 3.10. The zero-order valence-corrected chi connectivity index (χ0v) is 15.9. The van der Waals surface area contributed by atoms with Gasteiger partial charge in [-0.1, -0.05) is 51.1 Å². The molecule has 132 valence electrons. The molecule has 0 saturated heterocycles. The van der Waals surface area contributed by atoms with Crippen LogP contribution in [0.3, 0.4) is 0 Å². The van der Waals surface area contributed by atoms with Crippen molar-refractivity contribution in [2.24, 2.45) is 0 Å². The maximum atomic E-state index is 12.3. The molecule has 3 nitrogen and oxygen atoms in total. The van der Waals surface area contributed by atoms with Gasteiger partial charge in [-0.3, -0.25) is 4.79 Å². The first kappa shape index (κ1) is 17.9. The second-order valence-electron chi connectivity index (χ2n) is 7.36. The Kier molecular flexibility index (Phi) is 5.38. The number of amides is 1. The van der Waals surface area contributed by atoms with Gasteiger partial charge in [-0.15, -0.1) is 11.8 Å². The number of nitrogens with one attached hydrogen (secondary N) is 1. The van der Waals surface area contributed by atoms with Crippen LogP contribution in [0.2, 0.25) is 0 Å². The van der Waals surface area contributed by atoms with Gasteiger partial charge in [-0.25, -0.2) is 0 Å².